The van der Waals surface area contributed by atoms with Crippen molar-refractivity contribution in [3.05, 3.63) is 38.9 Å². The van der Waals surface area contributed by atoms with Crippen LogP contribution in [0.1, 0.15) is 5.56 Å². The van der Waals surface area contributed by atoms with Gasteiger partial charge in [-0.1, -0.05) is 11.6 Å². The molecule has 1 aromatic carbocycles. The number of aryl methyl sites for hydroxylation is 1. The van der Waals surface area contributed by atoms with Crippen LogP contribution in [0, 0.1) is 6.92 Å². The van der Waals surface area contributed by atoms with E-state index < -0.39 is 0 Å². The topological polar surface area (TPSA) is 45.8 Å². The molecule has 0 radical (unpaired) electrons. The van der Waals surface area contributed by atoms with Crippen LogP contribution >= 0.6 is 15.9 Å². The molecule has 1 aromatic heterocycles. The Morgan fingerprint density at radius 3 is 3.00 bits per heavy atom. The van der Waals surface area contributed by atoms with Gasteiger partial charge in [-0.15, -0.1) is 0 Å². The zero-order valence-electron chi connectivity index (χ0n) is 6.97. The Kier molecular flexibility index (Phi) is 1.92. The molecule has 1 heterocycles. The van der Waals surface area contributed by atoms with Gasteiger partial charge in [0.15, 0.2) is 4.73 Å². The molecule has 0 aliphatic carbocycles. The Morgan fingerprint density at radius 2 is 2.23 bits per heavy atom. The smallest absolute Gasteiger partial charge is 0.259 e. The fourth-order valence-corrected chi connectivity index (χ4v) is 1.60. The number of nitrogens with one attached hydrogen (secondary N) is 1. The molecule has 0 bridgehead atoms. The quantitative estimate of drug-likeness (QED) is 0.714. The highest BCUT2D eigenvalue weighted by Gasteiger charge is 2.00. The van der Waals surface area contributed by atoms with E-state index in [1.807, 2.05) is 25.1 Å². The van der Waals surface area contributed by atoms with Crippen LogP contribution in [0.3, 0.4) is 0 Å². The fourth-order valence-electron chi connectivity index (χ4n) is 1.22. The van der Waals surface area contributed by atoms with Gasteiger partial charge < -0.3 is 4.98 Å². The number of nitrogens with zero attached hydrogens (tertiary/aromatic N) is 1. The first-order valence-electron chi connectivity index (χ1n) is 3.83. The van der Waals surface area contributed by atoms with Gasteiger partial charge in [-0.25, -0.2) is 4.98 Å². The summed E-state index contributed by atoms with van der Waals surface area (Å²) in [6.07, 6.45) is 0. The highest BCUT2D eigenvalue weighted by molar-refractivity contribution is 9.10. The Balaban J connectivity index is 2.95. The molecule has 0 aliphatic heterocycles. The number of aromatic amines is 1. The zero-order chi connectivity index (χ0) is 9.42. The second kappa shape index (κ2) is 2.96. The van der Waals surface area contributed by atoms with Crippen molar-refractivity contribution in [2.45, 2.75) is 6.92 Å². The van der Waals surface area contributed by atoms with E-state index >= 15 is 0 Å². The van der Waals surface area contributed by atoms with Crippen LogP contribution in [0.25, 0.3) is 10.9 Å². The third kappa shape index (κ3) is 1.49. The maximum absolute atomic E-state index is 11.4. The molecular weight excluding hydrogens is 232 g/mol. The first-order chi connectivity index (χ1) is 6.16. The monoisotopic (exact) mass is 238 g/mol. The summed E-state index contributed by atoms with van der Waals surface area (Å²) < 4.78 is 0.467. The average molecular weight is 239 g/mol. The van der Waals surface area contributed by atoms with Gasteiger partial charge in [0.25, 0.3) is 5.56 Å². The summed E-state index contributed by atoms with van der Waals surface area (Å²) in [7, 11) is 0. The lowest BCUT2D eigenvalue weighted by Gasteiger charge is -1.97. The van der Waals surface area contributed by atoms with Crippen LogP contribution in [0.15, 0.2) is 27.7 Å². The van der Waals surface area contributed by atoms with Crippen molar-refractivity contribution in [3.8, 4) is 0 Å². The summed E-state index contributed by atoms with van der Waals surface area (Å²) in [4.78, 5) is 18.2. The lowest BCUT2D eigenvalue weighted by Crippen LogP contribution is -2.07. The first-order valence-corrected chi connectivity index (χ1v) is 4.62. The Labute approximate surface area is 82.9 Å². The molecule has 0 saturated heterocycles. The molecule has 0 spiro atoms. The van der Waals surface area contributed by atoms with Gasteiger partial charge in [0.05, 0.1) is 10.9 Å². The number of hydrogen-bond acceptors (Lipinski definition) is 2. The van der Waals surface area contributed by atoms with Crippen LogP contribution in [0.2, 0.25) is 0 Å². The third-order valence-electron chi connectivity index (χ3n) is 1.83. The molecule has 13 heavy (non-hydrogen) atoms. The molecule has 0 saturated carbocycles. The minimum Gasteiger partial charge on any atom is -0.301 e. The van der Waals surface area contributed by atoms with Crippen molar-refractivity contribution in [2.75, 3.05) is 0 Å². The van der Waals surface area contributed by atoms with Crippen LogP contribution in [-0.2, 0) is 0 Å². The number of benzene rings is 1. The largest absolute Gasteiger partial charge is 0.301 e. The number of halogens is 1. The summed E-state index contributed by atoms with van der Waals surface area (Å²) in [5.74, 6) is 0. The normalized spacial score (nSPS) is 10.6. The van der Waals surface area contributed by atoms with Crippen molar-refractivity contribution in [1.82, 2.24) is 9.97 Å². The maximum Gasteiger partial charge on any atom is 0.259 e. The van der Waals surface area contributed by atoms with E-state index in [0.29, 0.717) is 15.6 Å². The second-order valence-electron chi connectivity index (χ2n) is 2.88. The highest BCUT2D eigenvalue weighted by Crippen LogP contribution is 2.10. The highest BCUT2D eigenvalue weighted by atomic mass is 79.9. The van der Waals surface area contributed by atoms with Crippen LogP contribution < -0.4 is 5.56 Å². The van der Waals surface area contributed by atoms with Gasteiger partial charge in [-0.3, -0.25) is 4.79 Å². The minimum atomic E-state index is -0.111. The number of hydrogen-bond donors (Lipinski definition) is 1. The third-order valence-corrected chi connectivity index (χ3v) is 2.21. The van der Waals surface area contributed by atoms with Gasteiger partial charge in [0, 0.05) is 0 Å². The maximum atomic E-state index is 11.4. The van der Waals surface area contributed by atoms with Crippen LogP contribution in [0.5, 0.6) is 0 Å². The van der Waals surface area contributed by atoms with Crippen molar-refractivity contribution < 1.29 is 0 Å². The fraction of sp³-hybridized carbons (Fsp3) is 0.111. The zero-order valence-corrected chi connectivity index (χ0v) is 8.55. The van der Waals surface area contributed by atoms with Crippen molar-refractivity contribution in [3.63, 3.8) is 0 Å². The van der Waals surface area contributed by atoms with E-state index in [-0.39, 0.29) is 5.56 Å². The van der Waals surface area contributed by atoms with Crippen molar-refractivity contribution in [1.29, 1.82) is 0 Å². The molecule has 0 aliphatic rings. The van der Waals surface area contributed by atoms with Gasteiger partial charge in [0.1, 0.15) is 0 Å². The molecule has 0 atom stereocenters. The predicted molar refractivity (Wildman–Crippen MR) is 54.8 cm³/mol. The predicted octanol–water partition coefficient (Wildman–Crippen LogP) is 1.99. The molecule has 4 heteroatoms. The average Bonchev–Trinajstić information content (AvgIpc) is 2.06. The molecule has 0 amide bonds. The summed E-state index contributed by atoms with van der Waals surface area (Å²) in [5, 5.41) is 0.628. The van der Waals surface area contributed by atoms with E-state index in [0.717, 1.165) is 5.56 Å². The summed E-state index contributed by atoms with van der Waals surface area (Å²) in [5.41, 5.74) is 1.66. The molecule has 1 N–H and O–H groups in total. The number of aromatic nitrogens is 2. The molecule has 3 nitrogen and oxygen atoms in total. The van der Waals surface area contributed by atoms with Crippen LogP contribution in [-0.4, -0.2) is 9.97 Å². The first kappa shape index (κ1) is 8.44. The molecule has 2 aromatic rings. The Morgan fingerprint density at radius 1 is 1.46 bits per heavy atom. The molecule has 0 unspecified atom stereocenters. The number of fused-ring (bicyclic) bond motifs is 1. The molecular formula is C9H7BrN2O. The SMILES string of the molecule is Cc1ccc2nc(Br)[nH]c(=O)c2c1. The van der Waals surface area contributed by atoms with Crippen molar-refractivity contribution in [2.24, 2.45) is 0 Å². The lowest BCUT2D eigenvalue weighted by atomic mass is 10.2. The van der Waals surface area contributed by atoms with E-state index in [1.54, 1.807) is 0 Å². The van der Waals surface area contributed by atoms with Gasteiger partial charge in [0.2, 0.25) is 0 Å². The standard InChI is InChI=1S/C9H7BrN2O/c1-5-2-3-7-6(4-5)8(13)12-9(10)11-7/h2-4H,1H3,(H,11,12,13). The molecule has 66 valence electrons. The lowest BCUT2D eigenvalue weighted by molar-refractivity contribution is 1.11. The van der Waals surface area contributed by atoms with Gasteiger partial charge in [-0.2, -0.15) is 0 Å². The van der Waals surface area contributed by atoms with E-state index in [4.69, 9.17) is 0 Å². The second-order valence-corrected chi connectivity index (χ2v) is 3.63. The van der Waals surface area contributed by atoms with Crippen LogP contribution in [0.4, 0.5) is 0 Å². The summed E-state index contributed by atoms with van der Waals surface area (Å²) in [6, 6.07) is 5.60. The van der Waals surface area contributed by atoms with E-state index in [9.17, 15) is 4.79 Å². The molecule has 0 fully saturated rings. The molecule has 2 rings (SSSR count). The Bertz CT molecular complexity index is 518. The van der Waals surface area contributed by atoms with E-state index in [1.165, 1.54) is 0 Å². The summed E-state index contributed by atoms with van der Waals surface area (Å²) in [6.45, 7) is 1.95. The minimum absolute atomic E-state index is 0.111. The summed E-state index contributed by atoms with van der Waals surface area (Å²) >= 11 is 3.14. The Hall–Kier alpha value is -1.16. The number of rotatable bonds is 0. The number of H-pyrrole nitrogens is 1. The van der Waals surface area contributed by atoms with Gasteiger partial charge >= 0.3 is 0 Å². The van der Waals surface area contributed by atoms with Crippen molar-refractivity contribution >= 4 is 26.8 Å². The van der Waals surface area contributed by atoms with E-state index in [2.05, 4.69) is 25.9 Å². The van der Waals surface area contributed by atoms with Gasteiger partial charge in [-0.05, 0) is 35.0 Å².